The second-order valence-electron chi connectivity index (χ2n) is 6.49. The number of halogens is 1. The molecule has 0 N–H and O–H groups in total. The number of nitrogens with zero attached hydrogens (tertiary/aromatic N) is 3. The fourth-order valence-electron chi connectivity index (χ4n) is 3.10. The van der Waals surface area contributed by atoms with Crippen molar-refractivity contribution in [1.82, 2.24) is 14.7 Å². The minimum absolute atomic E-state index is 0.00230. The fraction of sp³-hybridized carbons (Fsp3) is 0.182. The van der Waals surface area contributed by atoms with Crippen molar-refractivity contribution in [1.29, 1.82) is 0 Å². The number of morpholine rings is 1. The zero-order valence-corrected chi connectivity index (χ0v) is 16.9. The molecule has 0 aliphatic carbocycles. The molecule has 1 aromatic heterocycles. The number of carbonyl (C=O) groups excluding carboxylic acids is 1. The van der Waals surface area contributed by atoms with Gasteiger partial charge in [0.2, 0.25) is 5.91 Å². The van der Waals surface area contributed by atoms with Crippen molar-refractivity contribution in [2.75, 3.05) is 26.3 Å². The first-order valence-electron chi connectivity index (χ1n) is 9.16. The highest BCUT2D eigenvalue weighted by atomic mass is 79.9. The van der Waals surface area contributed by atoms with Gasteiger partial charge in [-0.1, -0.05) is 46.3 Å². The lowest BCUT2D eigenvalue weighted by Gasteiger charge is -2.25. The lowest BCUT2D eigenvalue weighted by Crippen LogP contribution is -2.39. The summed E-state index contributed by atoms with van der Waals surface area (Å²) >= 11 is 3.47. The van der Waals surface area contributed by atoms with Gasteiger partial charge in [0.15, 0.2) is 0 Å². The lowest BCUT2D eigenvalue weighted by atomic mass is 10.1. The fourth-order valence-corrected chi connectivity index (χ4v) is 3.37. The average molecular weight is 438 g/mol. The number of rotatable bonds is 4. The number of amides is 1. The van der Waals surface area contributed by atoms with Crippen LogP contribution in [0, 0.1) is 0 Å². The molecule has 1 fully saturated rings. The SMILES string of the molecule is O=C(/C=C/c1cn(-c2ccccc2)nc1-c1ccc(Br)cc1)N1CCOCC1. The van der Waals surface area contributed by atoms with Crippen LogP contribution in [0.5, 0.6) is 0 Å². The molecule has 1 aliphatic rings. The molecule has 2 heterocycles. The first-order chi connectivity index (χ1) is 13.7. The van der Waals surface area contributed by atoms with E-state index in [1.165, 1.54) is 0 Å². The predicted molar refractivity (Wildman–Crippen MR) is 113 cm³/mol. The summed E-state index contributed by atoms with van der Waals surface area (Å²) < 4.78 is 8.17. The second-order valence-corrected chi connectivity index (χ2v) is 7.41. The molecule has 0 bridgehead atoms. The maximum absolute atomic E-state index is 12.5. The van der Waals surface area contributed by atoms with Gasteiger partial charge in [-0.2, -0.15) is 5.10 Å². The van der Waals surface area contributed by atoms with Crippen LogP contribution in [-0.4, -0.2) is 46.9 Å². The van der Waals surface area contributed by atoms with E-state index >= 15 is 0 Å². The van der Waals surface area contributed by atoms with E-state index in [1.807, 2.05) is 71.6 Å². The molecule has 0 radical (unpaired) electrons. The summed E-state index contributed by atoms with van der Waals surface area (Å²) in [5.41, 5.74) is 3.70. The Bertz CT molecular complexity index is 975. The van der Waals surface area contributed by atoms with Crippen molar-refractivity contribution in [2.24, 2.45) is 0 Å². The Kier molecular flexibility index (Phi) is 5.69. The Morgan fingerprint density at radius 1 is 1.04 bits per heavy atom. The smallest absolute Gasteiger partial charge is 0.246 e. The summed E-state index contributed by atoms with van der Waals surface area (Å²) in [6.07, 6.45) is 5.43. The van der Waals surface area contributed by atoms with E-state index in [4.69, 9.17) is 9.84 Å². The van der Waals surface area contributed by atoms with Gasteiger partial charge in [0, 0.05) is 41.0 Å². The molecule has 4 rings (SSSR count). The van der Waals surface area contributed by atoms with Crippen molar-refractivity contribution >= 4 is 27.9 Å². The molecule has 1 aliphatic heterocycles. The minimum Gasteiger partial charge on any atom is -0.378 e. The van der Waals surface area contributed by atoms with Crippen LogP contribution in [0.2, 0.25) is 0 Å². The van der Waals surface area contributed by atoms with E-state index in [1.54, 1.807) is 11.0 Å². The molecule has 0 spiro atoms. The first kappa shape index (κ1) is 18.7. The van der Waals surface area contributed by atoms with Crippen molar-refractivity contribution in [3.63, 3.8) is 0 Å². The molecule has 5 nitrogen and oxygen atoms in total. The van der Waals surface area contributed by atoms with E-state index in [9.17, 15) is 4.79 Å². The molecule has 2 aromatic carbocycles. The quantitative estimate of drug-likeness (QED) is 0.575. The van der Waals surface area contributed by atoms with Crippen LogP contribution in [0.1, 0.15) is 5.56 Å². The van der Waals surface area contributed by atoms with Gasteiger partial charge in [-0.15, -0.1) is 0 Å². The zero-order valence-electron chi connectivity index (χ0n) is 15.3. The minimum atomic E-state index is -0.00230. The number of hydrogen-bond donors (Lipinski definition) is 0. The third-order valence-corrected chi connectivity index (χ3v) is 5.14. The number of carbonyl (C=O) groups is 1. The highest BCUT2D eigenvalue weighted by molar-refractivity contribution is 9.10. The van der Waals surface area contributed by atoms with E-state index in [-0.39, 0.29) is 5.91 Å². The normalized spacial score (nSPS) is 14.5. The predicted octanol–water partition coefficient (Wildman–Crippen LogP) is 4.17. The molecule has 6 heteroatoms. The molecule has 0 atom stereocenters. The number of para-hydroxylation sites is 1. The van der Waals surface area contributed by atoms with Crippen molar-refractivity contribution in [3.05, 3.63) is 76.9 Å². The average Bonchev–Trinajstić information content (AvgIpc) is 3.18. The standard InChI is InChI=1S/C22H20BrN3O2/c23-19-9-6-17(7-10-19)22-18(8-11-21(27)25-12-14-28-15-13-25)16-26(24-22)20-4-2-1-3-5-20/h1-11,16H,12-15H2/b11-8+. The molecule has 1 saturated heterocycles. The van der Waals surface area contributed by atoms with Gasteiger partial charge in [-0.3, -0.25) is 4.79 Å². The second kappa shape index (κ2) is 8.54. The highest BCUT2D eigenvalue weighted by Crippen LogP contribution is 2.26. The summed E-state index contributed by atoms with van der Waals surface area (Å²) in [5, 5.41) is 4.78. The maximum atomic E-state index is 12.5. The van der Waals surface area contributed by atoms with Crippen LogP contribution < -0.4 is 0 Å². The van der Waals surface area contributed by atoms with Crippen LogP contribution in [-0.2, 0) is 9.53 Å². The van der Waals surface area contributed by atoms with Crippen LogP contribution >= 0.6 is 15.9 Å². The molecular weight excluding hydrogens is 418 g/mol. The molecule has 142 valence electrons. The van der Waals surface area contributed by atoms with Crippen LogP contribution in [0.4, 0.5) is 0 Å². The van der Waals surface area contributed by atoms with Crippen LogP contribution in [0.25, 0.3) is 23.0 Å². The van der Waals surface area contributed by atoms with Crippen molar-refractivity contribution in [2.45, 2.75) is 0 Å². The van der Waals surface area contributed by atoms with E-state index < -0.39 is 0 Å². The van der Waals surface area contributed by atoms with Gasteiger partial charge >= 0.3 is 0 Å². The van der Waals surface area contributed by atoms with Gasteiger partial charge in [0.1, 0.15) is 0 Å². The summed E-state index contributed by atoms with van der Waals surface area (Å²) in [6, 6.07) is 18.0. The Labute approximate surface area is 172 Å². The maximum Gasteiger partial charge on any atom is 0.246 e. The molecule has 3 aromatic rings. The summed E-state index contributed by atoms with van der Waals surface area (Å²) in [7, 11) is 0. The summed E-state index contributed by atoms with van der Waals surface area (Å²) in [4.78, 5) is 14.3. The largest absolute Gasteiger partial charge is 0.378 e. The first-order valence-corrected chi connectivity index (χ1v) is 9.96. The summed E-state index contributed by atoms with van der Waals surface area (Å²) in [5.74, 6) is -0.00230. The van der Waals surface area contributed by atoms with Crippen molar-refractivity contribution < 1.29 is 9.53 Å². The third-order valence-electron chi connectivity index (χ3n) is 4.61. The van der Waals surface area contributed by atoms with Crippen LogP contribution in [0.3, 0.4) is 0 Å². The molecule has 0 saturated carbocycles. The monoisotopic (exact) mass is 437 g/mol. The van der Waals surface area contributed by atoms with Gasteiger partial charge in [-0.05, 0) is 30.3 Å². The Balaban J connectivity index is 1.67. The molecule has 0 unspecified atom stereocenters. The Morgan fingerprint density at radius 2 is 1.75 bits per heavy atom. The van der Waals surface area contributed by atoms with E-state index in [0.717, 1.165) is 27.0 Å². The van der Waals surface area contributed by atoms with Gasteiger partial charge in [0.25, 0.3) is 0 Å². The number of hydrogen-bond acceptors (Lipinski definition) is 3. The molecule has 1 amide bonds. The topological polar surface area (TPSA) is 47.4 Å². The molecule has 28 heavy (non-hydrogen) atoms. The number of aromatic nitrogens is 2. The highest BCUT2D eigenvalue weighted by Gasteiger charge is 2.15. The molecular formula is C22H20BrN3O2. The Hall–Kier alpha value is -2.70. The number of ether oxygens (including phenoxy) is 1. The Morgan fingerprint density at radius 3 is 2.46 bits per heavy atom. The van der Waals surface area contributed by atoms with Crippen LogP contribution in [0.15, 0.2) is 71.3 Å². The van der Waals surface area contributed by atoms with Crippen molar-refractivity contribution in [3.8, 4) is 16.9 Å². The zero-order chi connectivity index (χ0) is 19.3. The van der Waals surface area contributed by atoms with E-state index in [0.29, 0.717) is 26.3 Å². The van der Waals surface area contributed by atoms with Gasteiger partial charge in [-0.25, -0.2) is 4.68 Å². The lowest BCUT2D eigenvalue weighted by molar-refractivity contribution is -0.129. The summed E-state index contributed by atoms with van der Waals surface area (Å²) in [6.45, 7) is 2.45. The van der Waals surface area contributed by atoms with E-state index in [2.05, 4.69) is 15.9 Å². The third kappa shape index (κ3) is 4.24. The van der Waals surface area contributed by atoms with Gasteiger partial charge < -0.3 is 9.64 Å². The van der Waals surface area contributed by atoms with Gasteiger partial charge in [0.05, 0.1) is 24.6 Å². The number of benzene rings is 2.